The van der Waals surface area contributed by atoms with Crippen LogP contribution >= 0.6 is 0 Å². The molecule has 1 aliphatic heterocycles. The molecule has 0 aliphatic carbocycles. The van der Waals surface area contributed by atoms with Crippen molar-refractivity contribution in [2.45, 2.75) is 32.1 Å². The summed E-state index contributed by atoms with van der Waals surface area (Å²) in [5, 5.41) is 8.32. The molecule has 0 aromatic heterocycles. The second-order valence-corrected chi connectivity index (χ2v) is 6.52. The first-order valence-corrected chi connectivity index (χ1v) is 7.66. The van der Waals surface area contributed by atoms with Gasteiger partial charge in [0.25, 0.3) is 0 Å². The largest absolute Gasteiger partial charge is 0.289 e. The maximum atomic E-state index is 11.3. The Kier molecular flexibility index (Phi) is 5.35. The number of piperidine rings is 1. The molecule has 0 aromatic rings. The standard InChI is InChI=1S/C10H20N2O4S/c1-17(15,16)12-7-5-9(6-8-12)3-2-4-10(13)11-14/h9,14H,2-8H2,1H3,(H,11,13). The van der Waals surface area contributed by atoms with Crippen LogP contribution in [0.3, 0.4) is 0 Å². The van der Waals surface area contributed by atoms with Crippen molar-refractivity contribution in [3.63, 3.8) is 0 Å². The lowest BCUT2D eigenvalue weighted by molar-refractivity contribution is -0.129. The van der Waals surface area contributed by atoms with Gasteiger partial charge in [0.15, 0.2) is 0 Å². The van der Waals surface area contributed by atoms with E-state index in [4.69, 9.17) is 5.21 Å². The van der Waals surface area contributed by atoms with E-state index in [9.17, 15) is 13.2 Å². The van der Waals surface area contributed by atoms with Crippen molar-refractivity contribution >= 4 is 15.9 Å². The molecule has 0 bridgehead atoms. The number of rotatable bonds is 5. The van der Waals surface area contributed by atoms with E-state index in [1.165, 1.54) is 10.6 Å². The number of carbonyl (C=O) groups excluding carboxylic acids is 1. The summed E-state index contributed by atoms with van der Waals surface area (Å²) in [5.74, 6) is 0.123. The van der Waals surface area contributed by atoms with Crippen molar-refractivity contribution in [1.82, 2.24) is 9.79 Å². The van der Waals surface area contributed by atoms with E-state index in [0.717, 1.165) is 25.7 Å². The quantitative estimate of drug-likeness (QED) is 0.553. The molecule has 0 atom stereocenters. The molecule has 1 amide bonds. The van der Waals surface area contributed by atoms with Gasteiger partial charge in [0, 0.05) is 19.5 Å². The van der Waals surface area contributed by atoms with Crippen LogP contribution in [0.15, 0.2) is 0 Å². The molecular weight excluding hydrogens is 244 g/mol. The number of hydroxylamine groups is 1. The van der Waals surface area contributed by atoms with Gasteiger partial charge in [0.2, 0.25) is 15.9 Å². The van der Waals surface area contributed by atoms with Crippen molar-refractivity contribution < 1.29 is 18.4 Å². The van der Waals surface area contributed by atoms with Gasteiger partial charge in [-0.05, 0) is 31.6 Å². The molecule has 2 N–H and O–H groups in total. The van der Waals surface area contributed by atoms with E-state index in [-0.39, 0.29) is 5.91 Å². The summed E-state index contributed by atoms with van der Waals surface area (Å²) in [5.41, 5.74) is 1.60. The summed E-state index contributed by atoms with van der Waals surface area (Å²) >= 11 is 0. The highest BCUT2D eigenvalue weighted by molar-refractivity contribution is 7.88. The van der Waals surface area contributed by atoms with Crippen molar-refractivity contribution in [2.24, 2.45) is 5.92 Å². The van der Waals surface area contributed by atoms with Gasteiger partial charge in [0.05, 0.1) is 6.26 Å². The van der Waals surface area contributed by atoms with Gasteiger partial charge in [-0.1, -0.05) is 0 Å². The molecule has 0 unspecified atom stereocenters. The fourth-order valence-electron chi connectivity index (χ4n) is 2.14. The third kappa shape index (κ3) is 5.01. The van der Waals surface area contributed by atoms with Crippen LogP contribution in [0, 0.1) is 5.92 Å². The zero-order valence-corrected chi connectivity index (χ0v) is 10.9. The zero-order valence-electron chi connectivity index (χ0n) is 10.1. The van der Waals surface area contributed by atoms with Crippen LogP contribution in [0.25, 0.3) is 0 Å². The molecule has 17 heavy (non-hydrogen) atoms. The molecule has 7 heteroatoms. The van der Waals surface area contributed by atoms with Crippen LogP contribution in [0.2, 0.25) is 0 Å². The molecule has 1 aliphatic rings. The summed E-state index contributed by atoms with van der Waals surface area (Å²) in [7, 11) is -3.05. The minimum atomic E-state index is -3.05. The highest BCUT2D eigenvalue weighted by atomic mass is 32.2. The van der Waals surface area contributed by atoms with Crippen LogP contribution in [-0.2, 0) is 14.8 Å². The van der Waals surface area contributed by atoms with E-state index >= 15 is 0 Å². The highest BCUT2D eigenvalue weighted by Gasteiger charge is 2.24. The Hall–Kier alpha value is -0.660. The van der Waals surface area contributed by atoms with Crippen LogP contribution < -0.4 is 5.48 Å². The Bertz CT molecular complexity index is 347. The lowest BCUT2D eigenvalue weighted by Crippen LogP contribution is -2.37. The molecular formula is C10H20N2O4S. The number of carbonyl (C=O) groups is 1. The SMILES string of the molecule is CS(=O)(=O)N1CCC(CCCC(=O)NO)CC1. The Labute approximate surface area is 102 Å². The van der Waals surface area contributed by atoms with Crippen molar-refractivity contribution in [3.8, 4) is 0 Å². The van der Waals surface area contributed by atoms with Crippen molar-refractivity contribution in [3.05, 3.63) is 0 Å². The van der Waals surface area contributed by atoms with Gasteiger partial charge in [-0.15, -0.1) is 0 Å². The number of hydrogen-bond acceptors (Lipinski definition) is 4. The zero-order chi connectivity index (χ0) is 12.9. The molecule has 100 valence electrons. The predicted octanol–water partition coefficient (Wildman–Crippen LogP) is 0.334. The molecule has 1 rings (SSSR count). The smallest absolute Gasteiger partial charge is 0.243 e. The molecule has 1 fully saturated rings. The molecule has 0 aromatic carbocycles. The van der Waals surface area contributed by atoms with E-state index in [1.54, 1.807) is 5.48 Å². The van der Waals surface area contributed by atoms with Crippen molar-refractivity contribution in [2.75, 3.05) is 19.3 Å². The molecule has 0 spiro atoms. The van der Waals surface area contributed by atoms with E-state index in [0.29, 0.717) is 25.4 Å². The maximum absolute atomic E-state index is 11.3. The first kappa shape index (κ1) is 14.4. The molecule has 6 nitrogen and oxygen atoms in total. The lowest BCUT2D eigenvalue weighted by Gasteiger charge is -2.30. The summed E-state index contributed by atoms with van der Waals surface area (Å²) in [6, 6.07) is 0. The number of hydrogen-bond donors (Lipinski definition) is 2. The minimum Gasteiger partial charge on any atom is -0.289 e. The number of sulfonamides is 1. The predicted molar refractivity (Wildman–Crippen MR) is 62.9 cm³/mol. The first-order valence-electron chi connectivity index (χ1n) is 5.81. The first-order chi connectivity index (χ1) is 7.93. The normalized spacial score (nSPS) is 19.2. The Morgan fingerprint density at radius 3 is 2.47 bits per heavy atom. The van der Waals surface area contributed by atoms with E-state index < -0.39 is 10.0 Å². The van der Waals surface area contributed by atoms with E-state index in [2.05, 4.69) is 0 Å². The minimum absolute atomic E-state index is 0.322. The topological polar surface area (TPSA) is 86.7 Å². The molecule has 0 saturated carbocycles. The Balaban J connectivity index is 2.22. The fourth-order valence-corrected chi connectivity index (χ4v) is 3.01. The van der Waals surface area contributed by atoms with Gasteiger partial charge in [-0.2, -0.15) is 0 Å². The van der Waals surface area contributed by atoms with Crippen molar-refractivity contribution in [1.29, 1.82) is 0 Å². The Morgan fingerprint density at radius 1 is 1.41 bits per heavy atom. The monoisotopic (exact) mass is 264 g/mol. The summed E-state index contributed by atoms with van der Waals surface area (Å²) in [6.07, 6.45) is 4.91. The van der Waals surface area contributed by atoms with Crippen LogP contribution in [-0.4, -0.2) is 43.2 Å². The lowest BCUT2D eigenvalue weighted by atomic mass is 9.92. The molecule has 0 radical (unpaired) electrons. The van der Waals surface area contributed by atoms with Gasteiger partial charge >= 0.3 is 0 Å². The van der Waals surface area contributed by atoms with Crippen LogP contribution in [0.4, 0.5) is 0 Å². The van der Waals surface area contributed by atoms with Crippen LogP contribution in [0.5, 0.6) is 0 Å². The van der Waals surface area contributed by atoms with Crippen LogP contribution in [0.1, 0.15) is 32.1 Å². The van der Waals surface area contributed by atoms with Gasteiger partial charge in [0.1, 0.15) is 0 Å². The van der Waals surface area contributed by atoms with Gasteiger partial charge < -0.3 is 0 Å². The second-order valence-electron chi connectivity index (χ2n) is 4.53. The number of nitrogens with zero attached hydrogens (tertiary/aromatic N) is 1. The third-order valence-electron chi connectivity index (χ3n) is 3.18. The molecule has 1 heterocycles. The second kappa shape index (κ2) is 6.32. The summed E-state index contributed by atoms with van der Waals surface area (Å²) in [4.78, 5) is 10.8. The Morgan fingerprint density at radius 2 is 2.00 bits per heavy atom. The van der Waals surface area contributed by atoms with E-state index in [1.807, 2.05) is 0 Å². The fraction of sp³-hybridized carbons (Fsp3) is 0.900. The van der Waals surface area contributed by atoms with Gasteiger partial charge in [-0.3, -0.25) is 10.0 Å². The average molecular weight is 264 g/mol. The number of amides is 1. The van der Waals surface area contributed by atoms with Gasteiger partial charge in [-0.25, -0.2) is 18.2 Å². The highest BCUT2D eigenvalue weighted by Crippen LogP contribution is 2.23. The number of nitrogens with one attached hydrogen (secondary N) is 1. The molecule has 1 saturated heterocycles. The summed E-state index contributed by atoms with van der Waals surface area (Å²) in [6.45, 7) is 1.16. The third-order valence-corrected chi connectivity index (χ3v) is 4.49. The maximum Gasteiger partial charge on any atom is 0.243 e. The summed E-state index contributed by atoms with van der Waals surface area (Å²) < 4.78 is 24.1. The average Bonchev–Trinajstić information content (AvgIpc) is 2.28.